The molecular formula is C67H90N6O32S. The number of aliphatic hydroxyl groups is 14. The summed E-state index contributed by atoms with van der Waals surface area (Å²) in [5.41, 5.74) is 26.1. The average Bonchev–Trinajstić information content (AvgIpc) is 1.41. The summed E-state index contributed by atoms with van der Waals surface area (Å²) in [6.07, 6.45) is -4.65. The lowest BCUT2D eigenvalue weighted by Crippen LogP contribution is -2.39. The summed E-state index contributed by atoms with van der Waals surface area (Å²) < 4.78 is 44.3. The minimum absolute atomic E-state index is 0.0457. The first kappa shape index (κ1) is 87.6. The van der Waals surface area contributed by atoms with Crippen LogP contribution in [0, 0.1) is 27.1 Å². The van der Waals surface area contributed by atoms with Crippen molar-refractivity contribution < 1.29 is 151 Å². The molecule has 12 rings (SSSR count). The molecule has 0 amide bonds. The maximum absolute atomic E-state index is 11.5. The van der Waals surface area contributed by atoms with Crippen molar-refractivity contribution in [1.29, 1.82) is 0 Å². The monoisotopic (exact) mass is 1520 g/mol. The number of hydroxylamine groups is 1. The highest BCUT2D eigenvalue weighted by atomic mass is 32.2. The molecule has 2 saturated heterocycles. The van der Waals surface area contributed by atoms with E-state index in [-0.39, 0.29) is 106 Å². The van der Waals surface area contributed by atoms with E-state index in [1.54, 1.807) is 85.7 Å². The van der Waals surface area contributed by atoms with Gasteiger partial charge in [0.05, 0.1) is 25.5 Å². The van der Waals surface area contributed by atoms with Gasteiger partial charge in [0.25, 0.3) is 0 Å². The molecular weight excluding hydrogens is 1430 g/mol. The van der Waals surface area contributed by atoms with E-state index in [0.717, 1.165) is 0 Å². The van der Waals surface area contributed by atoms with Gasteiger partial charge in [-0.05, 0) is 37.8 Å². The fourth-order valence-electron chi connectivity index (χ4n) is 10.4. The number of carbonyl (C=O) groups excluding carboxylic acids is 7. The van der Waals surface area contributed by atoms with Crippen LogP contribution in [0.4, 0.5) is 5.69 Å². The molecule has 2 aromatic rings. The molecule has 6 aliphatic heterocycles. The standard InChI is InChI=1S/C10H16O3.C9H7NO2.C9H12O6.C9H14O3.C8H13NO2.C7H7NO2.C6H9NO5.C6H6O7S.C3H6N2O2/c1-9(2)5-10(3,4)8(13)6(11)7(9)12;10-7-8(11)5-3-1-2-4-6(5)9(7)12;1-9(2)13-3-4(15-9)7-5(10)6(11)8(12)14-7;1-8(2)6(11)5(10)7(12)9(8,3)4;1-8(2)3-5(10)7(9)6(11)4-8;8-7-5(9)3-1-2-4-6(7)10;7-3-4(10)5(2(9)1-8)12-6(3)11;7-3-4(8)6(9)12-5(3)2-1-11-14(10)13-2;4-2-1-7-5-3(2)6/h11-12H,5H2,1-4H3;1-4H,(H3,10,11,12);4,7,10-11H,3H2,1-2H3;10-11H,1-4H3;10H,3-4,9H2,1-2H3;1-4H,(H3,8,9,10);2,5,8-10H,1,7H2;2,5,7-8H,1H2;5-6H,1,4H2. The Labute approximate surface area is 607 Å². The molecule has 2 aromatic carbocycles. The molecule has 7 unspecified atom stereocenters. The first-order chi connectivity index (χ1) is 48.6. The predicted molar refractivity (Wildman–Crippen MR) is 367 cm³/mol. The van der Waals surface area contributed by atoms with Crippen molar-refractivity contribution in [3.05, 3.63) is 156 Å². The van der Waals surface area contributed by atoms with Crippen molar-refractivity contribution in [3.63, 3.8) is 0 Å². The number of nitrogen functional groups attached to an aromatic ring is 1. The highest BCUT2D eigenvalue weighted by molar-refractivity contribution is 7.75. The number of anilines is 1. The minimum atomic E-state index is -1.89. The maximum atomic E-state index is 11.5. The topological polar surface area (TPSA) is 673 Å². The summed E-state index contributed by atoms with van der Waals surface area (Å²) in [4.78, 5) is 92.8. The number of nitrogens with two attached hydrogens (primary N) is 5. The van der Waals surface area contributed by atoms with E-state index >= 15 is 0 Å². The Kier molecular flexibility index (Phi) is 28.4. The number of rotatable bonds is 4. The smallest absolute Gasteiger partial charge is 0.377 e. The number of hydrogen-bond acceptors (Lipinski definition) is 38. The van der Waals surface area contributed by atoms with E-state index in [2.05, 4.69) is 28.2 Å². The Morgan fingerprint density at radius 3 is 1.46 bits per heavy atom. The lowest BCUT2D eigenvalue weighted by Gasteiger charge is -2.37. The van der Waals surface area contributed by atoms with E-state index in [4.69, 9.17) is 78.6 Å². The minimum Gasteiger partial charge on any atom is -0.510 e. The van der Waals surface area contributed by atoms with Gasteiger partial charge in [0.1, 0.15) is 70.8 Å². The molecule has 0 aromatic heterocycles. The van der Waals surface area contributed by atoms with Crippen molar-refractivity contribution in [3.8, 4) is 5.75 Å². The Morgan fingerprint density at radius 1 is 0.557 bits per heavy atom. The Balaban J connectivity index is 0.000000254. The lowest BCUT2D eigenvalue weighted by molar-refractivity contribution is -0.163. The zero-order valence-electron chi connectivity index (χ0n) is 59.5. The van der Waals surface area contributed by atoms with Gasteiger partial charge >= 0.3 is 29.3 Å². The number of ether oxygens (including phenoxy) is 5. The highest BCUT2D eigenvalue weighted by Crippen LogP contribution is 2.51. The molecule has 0 radical (unpaired) electrons. The molecule has 0 spiro atoms. The Morgan fingerprint density at radius 2 is 1.08 bits per heavy atom. The molecule has 106 heavy (non-hydrogen) atoms. The summed E-state index contributed by atoms with van der Waals surface area (Å²) in [6, 6.07) is 12.6. The Hall–Kier alpha value is -10.8. The molecule has 38 nitrogen and oxygen atoms in total. The average molecular weight is 1520 g/mol. The van der Waals surface area contributed by atoms with Crippen LogP contribution in [0.15, 0.2) is 140 Å². The predicted octanol–water partition coefficient (Wildman–Crippen LogP) is 3.62. The van der Waals surface area contributed by atoms with Crippen molar-refractivity contribution in [2.75, 3.05) is 32.2 Å². The molecule has 0 saturated carbocycles. The van der Waals surface area contributed by atoms with Crippen LogP contribution in [0.3, 0.4) is 0 Å². The van der Waals surface area contributed by atoms with Gasteiger partial charge in [-0.25, -0.2) is 19.9 Å². The molecule has 2 fully saturated rings. The summed E-state index contributed by atoms with van der Waals surface area (Å²) >= 11 is -1.89. The second-order valence-electron chi connectivity index (χ2n) is 27.8. The number of Topliss-reactive ketones (excluding diaryl/α,β-unsaturated/α-hetero) is 4. The molecule has 26 N–H and O–H groups in total. The summed E-state index contributed by atoms with van der Waals surface area (Å²) in [6.45, 7) is 21.2. The van der Waals surface area contributed by atoms with Gasteiger partial charge in [-0.15, -0.1) is 0 Å². The summed E-state index contributed by atoms with van der Waals surface area (Å²) in [7, 11) is 0. The van der Waals surface area contributed by atoms with Gasteiger partial charge < -0.3 is 129 Å². The number of allylic oxidation sites excluding steroid dienone is 7. The Bertz CT molecular complexity index is 4110. The van der Waals surface area contributed by atoms with Crippen LogP contribution in [0.25, 0.3) is 5.76 Å². The largest absolute Gasteiger partial charge is 0.510 e. The molecule has 4 aliphatic carbocycles. The number of nitrogens with one attached hydrogen (secondary N) is 1. The number of benzene rings is 1. The summed E-state index contributed by atoms with van der Waals surface area (Å²) in [5.74, 6) is -9.69. The number of esters is 3. The lowest BCUT2D eigenvalue weighted by atomic mass is 9.67. The van der Waals surface area contributed by atoms with Crippen LogP contribution in [0.2, 0.25) is 0 Å². The molecule has 39 heteroatoms. The highest BCUT2D eigenvalue weighted by Gasteiger charge is 2.55. The van der Waals surface area contributed by atoms with Crippen LogP contribution in [0.5, 0.6) is 5.75 Å². The molecule has 586 valence electrons. The number of aromatic hydroxyl groups is 1. The fourth-order valence-corrected chi connectivity index (χ4v) is 11.0. The summed E-state index contributed by atoms with van der Waals surface area (Å²) in [5, 5.41) is 137. The van der Waals surface area contributed by atoms with Gasteiger partial charge in [-0.3, -0.25) is 37.2 Å². The SMILES string of the molecule is CC1(C)C(=O)C(O)=C(O)C1(C)C.CC1(C)CC(=O)C(N)=C(O)C1.CC1(C)CC(C)(C)C(O)=C(O)C1=O.CC1(C)OCC(C2OC(=O)C(O)=C2O)O1.NC1=C(O)C(C(O)CO)OC1=O.NC1=C(O)NOC1.NC1=C(O)c2ccccc2C1=O.Nc1c(O)ccccc1=O.O=C1OC(C2COS(=O)O2)C(O)=C1O. The van der Waals surface area contributed by atoms with Crippen LogP contribution in [-0.2, 0) is 77.0 Å². The van der Waals surface area contributed by atoms with Gasteiger partial charge in [-0.1, -0.05) is 106 Å². The van der Waals surface area contributed by atoms with Crippen LogP contribution >= 0.6 is 0 Å². The van der Waals surface area contributed by atoms with Crippen molar-refractivity contribution in [2.24, 2.45) is 50.0 Å². The number of ketones is 4. The number of aliphatic hydroxyl groups excluding tert-OH is 14. The van der Waals surface area contributed by atoms with Crippen LogP contribution in [0.1, 0.15) is 118 Å². The van der Waals surface area contributed by atoms with E-state index in [0.29, 0.717) is 36.1 Å². The van der Waals surface area contributed by atoms with E-state index in [9.17, 15) is 83.4 Å². The zero-order valence-corrected chi connectivity index (χ0v) is 60.3. The van der Waals surface area contributed by atoms with E-state index in [1.165, 1.54) is 18.2 Å². The number of cyclic esters (lactones) is 3. The van der Waals surface area contributed by atoms with Crippen molar-refractivity contribution in [1.82, 2.24) is 5.48 Å². The third kappa shape index (κ3) is 20.6. The maximum Gasteiger partial charge on any atom is 0.377 e. The first-order valence-electron chi connectivity index (χ1n) is 31.5. The number of carbonyl (C=O) groups is 7. The van der Waals surface area contributed by atoms with E-state index in [1.807, 2.05) is 27.7 Å². The molecule has 10 aliphatic rings. The second-order valence-corrected chi connectivity index (χ2v) is 28.7. The third-order valence-electron chi connectivity index (χ3n) is 17.1. The van der Waals surface area contributed by atoms with Crippen LogP contribution < -0.4 is 39.6 Å². The van der Waals surface area contributed by atoms with Gasteiger partial charge in [0.15, 0.2) is 64.4 Å². The van der Waals surface area contributed by atoms with Crippen molar-refractivity contribution in [2.45, 2.75) is 145 Å². The molecule has 0 bridgehead atoms. The van der Waals surface area contributed by atoms with Crippen LogP contribution in [-0.4, -0.2) is 191 Å². The number of hydrogen-bond donors (Lipinski definition) is 21. The molecule has 7 atom stereocenters. The number of fused-ring (bicyclic) bond motifs is 1. The van der Waals surface area contributed by atoms with Gasteiger partial charge in [0.2, 0.25) is 40.2 Å². The molecule has 6 heterocycles. The quantitative estimate of drug-likeness (QED) is 0.153. The van der Waals surface area contributed by atoms with Crippen molar-refractivity contribution >= 4 is 63.8 Å². The fraction of sp³-hybridized carbons (Fsp3) is 0.463. The first-order valence-corrected chi connectivity index (χ1v) is 32.5. The van der Waals surface area contributed by atoms with E-state index < -0.39 is 146 Å². The third-order valence-corrected chi connectivity index (χ3v) is 17.8. The second kappa shape index (κ2) is 34.4. The normalized spacial score (nSPS) is 25.4. The zero-order chi connectivity index (χ0) is 81.2. The van der Waals surface area contributed by atoms with Gasteiger partial charge in [0, 0.05) is 45.6 Å². The van der Waals surface area contributed by atoms with Gasteiger partial charge in [-0.2, -0.15) is 4.21 Å².